The molecule has 0 aliphatic carbocycles. The van der Waals surface area contributed by atoms with Crippen molar-refractivity contribution in [3.63, 3.8) is 0 Å². The van der Waals surface area contributed by atoms with Crippen LogP contribution in [-0.4, -0.2) is 18.8 Å². The highest BCUT2D eigenvalue weighted by molar-refractivity contribution is 8.35. The molecule has 0 radical (unpaired) electrons. The van der Waals surface area contributed by atoms with Crippen LogP contribution < -0.4 is 5.73 Å². The molecule has 0 saturated carbocycles. The van der Waals surface area contributed by atoms with Crippen LogP contribution in [0.2, 0.25) is 0 Å². The predicted molar refractivity (Wildman–Crippen MR) is 66.1 cm³/mol. The molecule has 0 aliphatic heterocycles. The molecule has 0 unspecified atom stereocenters. The molecule has 2 heteroatoms. The quantitative estimate of drug-likeness (QED) is 0.689. The van der Waals surface area contributed by atoms with E-state index in [1.165, 1.54) is 4.91 Å². The highest BCUT2D eigenvalue weighted by Gasteiger charge is 2.12. The maximum absolute atomic E-state index is 5.90. The average Bonchev–Trinajstić information content (AvgIpc) is 1.98. The Labute approximate surface area is 83.0 Å². The Bertz CT molecular complexity index is 254. The van der Waals surface area contributed by atoms with Gasteiger partial charge >= 0.3 is 0 Å². The van der Waals surface area contributed by atoms with Crippen LogP contribution in [0.1, 0.15) is 0 Å². The fraction of sp³-hybridized carbons (Fsp3) is 0.273. The summed E-state index contributed by atoms with van der Waals surface area (Å²) in [5.41, 5.74) is 6.68. The highest BCUT2D eigenvalue weighted by Crippen LogP contribution is 2.46. The van der Waals surface area contributed by atoms with Crippen LogP contribution in [0.15, 0.2) is 48.1 Å². The van der Waals surface area contributed by atoms with Gasteiger partial charge < -0.3 is 5.73 Å². The Morgan fingerprint density at radius 2 is 1.54 bits per heavy atom. The third kappa shape index (κ3) is 4.04. The van der Waals surface area contributed by atoms with Gasteiger partial charge in [-0.3, -0.25) is 0 Å². The van der Waals surface area contributed by atoms with Crippen molar-refractivity contribution < 1.29 is 0 Å². The molecule has 0 spiro atoms. The number of hydrogen-bond acceptors (Lipinski definition) is 1. The Kier molecular flexibility index (Phi) is 4.63. The van der Waals surface area contributed by atoms with Crippen LogP contribution in [-0.2, 0) is 0 Å². The van der Waals surface area contributed by atoms with Gasteiger partial charge in [-0.25, -0.2) is 10.0 Å². The summed E-state index contributed by atoms with van der Waals surface area (Å²) in [5.74, 6) is 0. The van der Waals surface area contributed by atoms with Crippen LogP contribution in [0.4, 0.5) is 0 Å². The van der Waals surface area contributed by atoms with Crippen molar-refractivity contribution in [1.82, 2.24) is 0 Å². The molecule has 0 saturated heterocycles. The summed E-state index contributed by atoms with van der Waals surface area (Å²) in [6.45, 7) is 7.31. The van der Waals surface area contributed by atoms with E-state index in [1.54, 1.807) is 12.2 Å². The van der Waals surface area contributed by atoms with Crippen LogP contribution in [0.3, 0.4) is 0 Å². The normalized spacial score (nSPS) is 15.3. The topological polar surface area (TPSA) is 26.0 Å². The third-order valence-corrected chi connectivity index (χ3v) is 3.20. The van der Waals surface area contributed by atoms with Gasteiger partial charge in [0.25, 0.3) is 0 Å². The number of allylic oxidation sites excluding steroid dienone is 4. The van der Waals surface area contributed by atoms with E-state index < -0.39 is 10.0 Å². The lowest BCUT2D eigenvalue weighted by molar-refractivity contribution is 1.40. The van der Waals surface area contributed by atoms with Gasteiger partial charge in [0, 0.05) is 10.6 Å². The molecule has 0 rings (SSSR count). The SMILES string of the molecule is C=C/C=C(N)\C(=C/C=C)S(C)(C)C. The maximum atomic E-state index is 5.90. The first kappa shape index (κ1) is 12.1. The van der Waals surface area contributed by atoms with E-state index in [4.69, 9.17) is 5.73 Å². The number of rotatable bonds is 4. The molecule has 13 heavy (non-hydrogen) atoms. The van der Waals surface area contributed by atoms with Gasteiger partial charge in [0.05, 0.1) is 0 Å². The Balaban J connectivity index is 5.06. The van der Waals surface area contributed by atoms with E-state index in [9.17, 15) is 0 Å². The minimum absolute atomic E-state index is 0.789. The molecule has 74 valence electrons. The minimum atomic E-state index is -0.800. The van der Waals surface area contributed by atoms with Gasteiger partial charge in [0.2, 0.25) is 0 Å². The molecule has 0 aromatic rings. The second-order valence-corrected chi connectivity index (χ2v) is 7.58. The summed E-state index contributed by atoms with van der Waals surface area (Å²) in [6, 6.07) is 0. The zero-order chi connectivity index (χ0) is 10.5. The zero-order valence-corrected chi connectivity index (χ0v) is 9.53. The largest absolute Gasteiger partial charge is 0.398 e. The molecule has 0 bridgehead atoms. The Morgan fingerprint density at radius 1 is 1.08 bits per heavy atom. The summed E-state index contributed by atoms with van der Waals surface area (Å²) in [7, 11) is -0.800. The van der Waals surface area contributed by atoms with Gasteiger partial charge in [0.1, 0.15) is 0 Å². The second kappa shape index (κ2) is 4.97. The first-order valence-electron chi connectivity index (χ1n) is 4.03. The van der Waals surface area contributed by atoms with E-state index in [2.05, 4.69) is 31.9 Å². The molecule has 0 amide bonds. The fourth-order valence-electron chi connectivity index (χ4n) is 0.970. The molecule has 0 fully saturated rings. The lowest BCUT2D eigenvalue weighted by atomic mass is 10.3. The smallest absolute Gasteiger partial charge is 0.0436 e. The van der Waals surface area contributed by atoms with E-state index in [0.717, 1.165) is 5.70 Å². The van der Waals surface area contributed by atoms with Crippen molar-refractivity contribution in [2.45, 2.75) is 0 Å². The van der Waals surface area contributed by atoms with Crippen molar-refractivity contribution in [1.29, 1.82) is 0 Å². The Morgan fingerprint density at radius 3 is 1.85 bits per heavy atom. The van der Waals surface area contributed by atoms with E-state index >= 15 is 0 Å². The van der Waals surface area contributed by atoms with E-state index in [-0.39, 0.29) is 0 Å². The first-order chi connectivity index (χ1) is 5.93. The summed E-state index contributed by atoms with van der Waals surface area (Å²) < 4.78 is 0. The average molecular weight is 197 g/mol. The standard InChI is InChI=1S/C11H19NS/c1-6-8-10(12)11(9-7-2)13(3,4)5/h6-9H,1-2,12H2,3-5H3/b10-8+,11-9+. The molecule has 0 aromatic carbocycles. The lowest BCUT2D eigenvalue weighted by Gasteiger charge is -2.29. The molecule has 0 aliphatic rings. The molecular weight excluding hydrogens is 178 g/mol. The van der Waals surface area contributed by atoms with E-state index in [1.807, 2.05) is 12.2 Å². The molecule has 1 nitrogen and oxygen atoms in total. The number of nitrogens with two attached hydrogens (primary N) is 1. The van der Waals surface area contributed by atoms with Gasteiger partial charge in [-0.15, -0.1) is 0 Å². The second-order valence-electron chi connectivity index (χ2n) is 3.46. The summed E-state index contributed by atoms with van der Waals surface area (Å²) in [6.07, 6.45) is 13.9. The summed E-state index contributed by atoms with van der Waals surface area (Å²) in [4.78, 5) is 1.17. The first-order valence-corrected chi connectivity index (χ1v) is 6.89. The summed E-state index contributed by atoms with van der Waals surface area (Å²) >= 11 is 0. The molecule has 2 N–H and O–H groups in total. The lowest BCUT2D eigenvalue weighted by Crippen LogP contribution is -2.06. The van der Waals surface area contributed by atoms with Crippen LogP contribution in [0.5, 0.6) is 0 Å². The minimum Gasteiger partial charge on any atom is -0.398 e. The summed E-state index contributed by atoms with van der Waals surface area (Å²) in [5, 5.41) is 0. The van der Waals surface area contributed by atoms with Crippen molar-refractivity contribution in [3.05, 3.63) is 48.1 Å². The van der Waals surface area contributed by atoms with Crippen LogP contribution >= 0.6 is 10.0 Å². The van der Waals surface area contributed by atoms with Crippen molar-refractivity contribution >= 4 is 10.0 Å². The molecule has 0 aromatic heterocycles. The Hall–Kier alpha value is -0.890. The van der Waals surface area contributed by atoms with Crippen molar-refractivity contribution in [2.75, 3.05) is 18.8 Å². The molecule has 0 heterocycles. The predicted octanol–water partition coefficient (Wildman–Crippen LogP) is 2.78. The molecule has 0 atom stereocenters. The third-order valence-electron chi connectivity index (χ3n) is 1.51. The fourth-order valence-corrected chi connectivity index (χ4v) is 2.25. The zero-order valence-electron chi connectivity index (χ0n) is 8.71. The van der Waals surface area contributed by atoms with Crippen LogP contribution in [0, 0.1) is 0 Å². The van der Waals surface area contributed by atoms with Crippen LogP contribution in [0.25, 0.3) is 0 Å². The number of hydrogen-bond donors (Lipinski definition) is 1. The van der Waals surface area contributed by atoms with Gasteiger partial charge in [0.15, 0.2) is 0 Å². The monoisotopic (exact) mass is 197 g/mol. The highest BCUT2D eigenvalue weighted by atomic mass is 32.3. The van der Waals surface area contributed by atoms with Crippen molar-refractivity contribution in [2.24, 2.45) is 5.73 Å². The van der Waals surface area contributed by atoms with Gasteiger partial charge in [-0.05, 0) is 30.9 Å². The van der Waals surface area contributed by atoms with Crippen molar-refractivity contribution in [3.8, 4) is 0 Å². The maximum Gasteiger partial charge on any atom is 0.0436 e. The van der Waals surface area contributed by atoms with E-state index in [0.29, 0.717) is 0 Å². The van der Waals surface area contributed by atoms with Gasteiger partial charge in [-0.2, -0.15) is 0 Å². The molecular formula is C11H19NS. The van der Waals surface area contributed by atoms with Gasteiger partial charge in [-0.1, -0.05) is 25.3 Å².